The highest BCUT2D eigenvalue weighted by Gasteiger charge is 2.33. The summed E-state index contributed by atoms with van der Waals surface area (Å²) in [6, 6.07) is 5.27. The number of nitrogens with zero attached hydrogens (tertiary/aromatic N) is 5. The number of amides is 1. The highest BCUT2D eigenvalue weighted by Crippen LogP contribution is 2.27. The number of thiazole rings is 1. The van der Waals surface area contributed by atoms with Gasteiger partial charge in [-0.25, -0.2) is 4.98 Å². The van der Waals surface area contributed by atoms with Gasteiger partial charge in [0.1, 0.15) is 11.7 Å². The second-order valence-electron chi connectivity index (χ2n) is 5.08. The summed E-state index contributed by atoms with van der Waals surface area (Å²) in [5.41, 5.74) is 1.54. The second-order valence-corrected chi connectivity index (χ2v) is 5.92. The van der Waals surface area contributed by atoms with Crippen molar-refractivity contribution in [1.82, 2.24) is 14.9 Å². The van der Waals surface area contributed by atoms with Gasteiger partial charge in [0.25, 0.3) is 5.91 Å². The number of pyridine rings is 1. The molecule has 1 amide bonds. The fraction of sp³-hybridized carbons (Fsp3) is 0.333. The molecule has 0 saturated carbocycles. The van der Waals surface area contributed by atoms with Gasteiger partial charge in [0.2, 0.25) is 0 Å². The first-order valence-electron chi connectivity index (χ1n) is 7.01. The van der Waals surface area contributed by atoms with E-state index in [1.54, 1.807) is 18.1 Å². The predicted octanol–water partition coefficient (Wildman–Crippen LogP) is 2.11. The highest BCUT2D eigenvalue weighted by atomic mass is 32.1. The Kier molecular flexibility index (Phi) is 4.02. The summed E-state index contributed by atoms with van der Waals surface area (Å²) < 4.78 is 0. The smallest absolute Gasteiger partial charge is 0.251 e. The van der Waals surface area contributed by atoms with Crippen molar-refractivity contribution in [2.75, 3.05) is 18.5 Å². The van der Waals surface area contributed by atoms with E-state index >= 15 is 0 Å². The van der Waals surface area contributed by atoms with Gasteiger partial charge in [-0.15, -0.1) is 11.3 Å². The number of aromatic nitrogens is 2. The molecule has 0 N–H and O–H groups in total. The van der Waals surface area contributed by atoms with E-state index in [2.05, 4.69) is 16.2 Å². The zero-order valence-electron chi connectivity index (χ0n) is 12.1. The molecule has 112 valence electrons. The van der Waals surface area contributed by atoms with Crippen LogP contribution in [0.5, 0.6) is 0 Å². The fourth-order valence-corrected chi connectivity index (χ4v) is 3.30. The van der Waals surface area contributed by atoms with E-state index < -0.39 is 0 Å². The minimum absolute atomic E-state index is 0.0824. The lowest BCUT2D eigenvalue weighted by Gasteiger charge is -2.22. The van der Waals surface area contributed by atoms with Gasteiger partial charge in [-0.1, -0.05) is 6.07 Å². The average Bonchev–Trinajstić information content (AvgIpc) is 3.23. The predicted molar refractivity (Wildman–Crippen MR) is 84.1 cm³/mol. The number of anilines is 1. The number of carbonyl (C=O) groups is 1. The molecule has 22 heavy (non-hydrogen) atoms. The first kappa shape index (κ1) is 14.5. The molecular formula is C15H15N5OS. The van der Waals surface area contributed by atoms with Gasteiger partial charge in [0.15, 0.2) is 11.3 Å². The van der Waals surface area contributed by atoms with Crippen molar-refractivity contribution in [3.63, 3.8) is 0 Å². The molecular weight excluding hydrogens is 298 g/mol. The maximum atomic E-state index is 12.5. The molecule has 1 unspecified atom stereocenters. The number of hydrogen-bond acceptors (Lipinski definition) is 6. The molecule has 1 saturated heterocycles. The number of nitriles is 1. The Morgan fingerprint density at radius 2 is 2.36 bits per heavy atom. The first-order valence-corrected chi connectivity index (χ1v) is 7.89. The van der Waals surface area contributed by atoms with E-state index in [0.29, 0.717) is 11.7 Å². The number of likely N-dealkylation sites (tertiary alicyclic amines) is 1. The lowest BCUT2D eigenvalue weighted by atomic mass is 10.2. The molecule has 1 aliphatic heterocycles. The van der Waals surface area contributed by atoms with Gasteiger partial charge in [-0.3, -0.25) is 19.6 Å². The molecule has 0 aliphatic carbocycles. The maximum Gasteiger partial charge on any atom is 0.251 e. The Labute approximate surface area is 132 Å². The van der Waals surface area contributed by atoms with Crippen LogP contribution in [0.15, 0.2) is 29.8 Å². The third-order valence-corrected chi connectivity index (χ3v) is 4.62. The zero-order chi connectivity index (χ0) is 15.5. The Morgan fingerprint density at radius 3 is 3.09 bits per heavy atom. The van der Waals surface area contributed by atoms with Crippen LogP contribution in [0.1, 0.15) is 12.8 Å². The van der Waals surface area contributed by atoms with Crippen molar-refractivity contribution in [2.45, 2.75) is 18.9 Å². The standard InChI is InChI=1S/C15H15N5OS/c1-19(14(21)13-6-4-8-20(13)10-16)15-18-12(9-22-15)11-5-2-3-7-17-11/h2-3,5,7,9,13H,4,6,8H2,1H3. The molecule has 1 atom stereocenters. The quantitative estimate of drug-likeness (QED) is 0.812. The Balaban J connectivity index is 1.78. The normalized spacial score (nSPS) is 17.3. The molecule has 1 aliphatic rings. The average molecular weight is 313 g/mol. The van der Waals surface area contributed by atoms with Crippen LogP contribution < -0.4 is 4.90 Å². The van der Waals surface area contributed by atoms with Crippen LogP contribution >= 0.6 is 11.3 Å². The number of rotatable bonds is 3. The first-order chi connectivity index (χ1) is 10.7. The van der Waals surface area contributed by atoms with Crippen LogP contribution in [0.25, 0.3) is 11.4 Å². The number of hydrogen-bond donors (Lipinski definition) is 0. The molecule has 3 heterocycles. The minimum Gasteiger partial charge on any atom is -0.298 e. The highest BCUT2D eigenvalue weighted by molar-refractivity contribution is 7.14. The van der Waals surface area contributed by atoms with Crippen molar-refractivity contribution < 1.29 is 4.79 Å². The molecule has 0 aromatic carbocycles. The summed E-state index contributed by atoms with van der Waals surface area (Å²) in [6.07, 6.45) is 5.39. The van der Waals surface area contributed by atoms with Crippen LogP contribution in [0, 0.1) is 11.5 Å². The van der Waals surface area contributed by atoms with E-state index in [9.17, 15) is 4.79 Å². The summed E-state index contributed by atoms with van der Waals surface area (Å²) in [4.78, 5) is 24.4. The van der Waals surface area contributed by atoms with E-state index in [-0.39, 0.29) is 11.9 Å². The Hall–Kier alpha value is -2.46. The topological polar surface area (TPSA) is 73.1 Å². The van der Waals surface area contributed by atoms with Crippen molar-refractivity contribution in [2.24, 2.45) is 0 Å². The van der Waals surface area contributed by atoms with Crippen LogP contribution in [0.2, 0.25) is 0 Å². The third kappa shape index (κ3) is 2.65. The summed E-state index contributed by atoms with van der Waals surface area (Å²) in [5, 5.41) is 11.6. The summed E-state index contributed by atoms with van der Waals surface area (Å²) in [7, 11) is 1.71. The van der Waals surface area contributed by atoms with Crippen LogP contribution in [0.3, 0.4) is 0 Å². The molecule has 3 rings (SSSR count). The lowest BCUT2D eigenvalue weighted by Crippen LogP contribution is -2.42. The van der Waals surface area contributed by atoms with Gasteiger partial charge in [0, 0.05) is 25.2 Å². The molecule has 2 aromatic heterocycles. The van der Waals surface area contributed by atoms with E-state index in [0.717, 1.165) is 24.2 Å². The molecule has 0 bridgehead atoms. The number of carbonyl (C=O) groups excluding carboxylic acids is 1. The largest absolute Gasteiger partial charge is 0.298 e. The monoisotopic (exact) mass is 313 g/mol. The molecule has 7 heteroatoms. The molecule has 0 radical (unpaired) electrons. The third-order valence-electron chi connectivity index (χ3n) is 3.70. The van der Waals surface area contributed by atoms with Gasteiger partial charge < -0.3 is 0 Å². The SMILES string of the molecule is CN(C(=O)C1CCCN1C#N)c1nc(-c2ccccn2)cs1. The van der Waals surface area contributed by atoms with Crippen molar-refractivity contribution >= 4 is 22.4 Å². The van der Waals surface area contributed by atoms with Gasteiger partial charge in [0.05, 0.1) is 5.69 Å². The minimum atomic E-state index is -0.364. The van der Waals surface area contributed by atoms with Crippen LogP contribution in [-0.2, 0) is 4.79 Å². The van der Waals surface area contributed by atoms with Crippen LogP contribution in [0.4, 0.5) is 5.13 Å². The van der Waals surface area contributed by atoms with Gasteiger partial charge in [-0.05, 0) is 25.0 Å². The molecule has 6 nitrogen and oxygen atoms in total. The summed E-state index contributed by atoms with van der Waals surface area (Å²) in [6.45, 7) is 0.651. The van der Waals surface area contributed by atoms with Crippen molar-refractivity contribution in [3.05, 3.63) is 29.8 Å². The van der Waals surface area contributed by atoms with Crippen molar-refractivity contribution in [3.8, 4) is 17.6 Å². The molecule has 1 fully saturated rings. The fourth-order valence-electron chi connectivity index (χ4n) is 2.51. The Bertz CT molecular complexity index is 708. The lowest BCUT2D eigenvalue weighted by molar-refractivity contribution is -0.121. The van der Waals surface area contributed by atoms with Crippen molar-refractivity contribution in [1.29, 1.82) is 5.26 Å². The van der Waals surface area contributed by atoms with E-state index in [4.69, 9.17) is 5.26 Å². The zero-order valence-corrected chi connectivity index (χ0v) is 13.0. The summed E-state index contributed by atoms with van der Waals surface area (Å²) in [5.74, 6) is -0.0824. The second kappa shape index (κ2) is 6.12. The van der Waals surface area contributed by atoms with Gasteiger partial charge >= 0.3 is 0 Å². The number of likely N-dealkylation sites (N-methyl/N-ethyl adjacent to an activating group) is 1. The van der Waals surface area contributed by atoms with E-state index in [1.807, 2.05) is 23.6 Å². The Morgan fingerprint density at radius 1 is 1.50 bits per heavy atom. The maximum absolute atomic E-state index is 12.5. The molecule has 0 spiro atoms. The van der Waals surface area contributed by atoms with E-state index in [1.165, 1.54) is 16.2 Å². The molecule has 2 aromatic rings. The van der Waals surface area contributed by atoms with Crippen LogP contribution in [-0.4, -0.2) is 40.4 Å². The summed E-state index contributed by atoms with van der Waals surface area (Å²) >= 11 is 1.40. The van der Waals surface area contributed by atoms with Gasteiger partial charge in [-0.2, -0.15) is 5.26 Å².